The average molecular weight is 282 g/mol. The summed E-state index contributed by atoms with van der Waals surface area (Å²) in [6.45, 7) is 6.37. The summed E-state index contributed by atoms with van der Waals surface area (Å²) in [5.74, 6) is 0.542. The minimum absolute atomic E-state index is 0.542. The van der Waals surface area contributed by atoms with E-state index in [0.717, 1.165) is 22.2 Å². The molecule has 0 atom stereocenters. The van der Waals surface area contributed by atoms with E-state index in [1.54, 1.807) is 6.20 Å². The van der Waals surface area contributed by atoms with E-state index in [9.17, 15) is 0 Å². The first-order valence-electron chi connectivity index (χ1n) is 4.93. The highest BCUT2D eigenvalue weighted by Crippen LogP contribution is 2.19. The molecule has 4 nitrogen and oxygen atoms in total. The fourth-order valence-corrected chi connectivity index (χ4v) is 1.67. The van der Waals surface area contributed by atoms with Crippen LogP contribution < -0.4 is 4.74 Å². The molecule has 0 radical (unpaired) electrons. The van der Waals surface area contributed by atoms with Crippen molar-refractivity contribution in [2.75, 3.05) is 6.61 Å². The second kappa shape index (κ2) is 4.65. The van der Waals surface area contributed by atoms with Crippen LogP contribution in [-0.2, 0) is 0 Å². The van der Waals surface area contributed by atoms with Crippen molar-refractivity contribution in [3.8, 4) is 5.88 Å². The van der Waals surface area contributed by atoms with Gasteiger partial charge < -0.3 is 4.74 Å². The second-order valence-electron chi connectivity index (χ2n) is 3.58. The first-order chi connectivity index (χ1) is 7.66. The predicted molar refractivity (Wildman–Crippen MR) is 65.6 cm³/mol. The predicted octanol–water partition coefficient (Wildman–Crippen LogP) is 2.84. The Bertz CT molecular complexity index is 521. The lowest BCUT2D eigenvalue weighted by Crippen LogP contribution is -2.02. The summed E-state index contributed by atoms with van der Waals surface area (Å²) in [6, 6.07) is 0. The molecule has 2 heterocycles. The van der Waals surface area contributed by atoms with Crippen molar-refractivity contribution in [1.82, 2.24) is 14.4 Å². The van der Waals surface area contributed by atoms with Gasteiger partial charge in [0.15, 0.2) is 0 Å². The first kappa shape index (κ1) is 11.1. The van der Waals surface area contributed by atoms with Crippen molar-refractivity contribution in [3.05, 3.63) is 35.3 Å². The van der Waals surface area contributed by atoms with Crippen molar-refractivity contribution in [3.63, 3.8) is 0 Å². The van der Waals surface area contributed by atoms with Gasteiger partial charge in [0, 0.05) is 25.0 Å². The van der Waals surface area contributed by atoms with Gasteiger partial charge >= 0.3 is 0 Å². The zero-order valence-electron chi connectivity index (χ0n) is 8.98. The maximum Gasteiger partial charge on any atom is 0.259 e. The fourth-order valence-electron chi connectivity index (χ4n) is 1.29. The molecule has 0 aromatic carbocycles. The summed E-state index contributed by atoms with van der Waals surface area (Å²) >= 11 is 3.33. The molecule has 0 saturated carbocycles. The topological polar surface area (TPSA) is 39.4 Å². The van der Waals surface area contributed by atoms with Crippen LogP contribution in [0.2, 0.25) is 0 Å². The maximum atomic E-state index is 5.58. The third kappa shape index (κ3) is 2.41. The summed E-state index contributed by atoms with van der Waals surface area (Å²) in [5, 5.41) is 0. The lowest BCUT2D eigenvalue weighted by atomic mass is 10.3. The van der Waals surface area contributed by atoms with E-state index in [2.05, 4.69) is 32.5 Å². The van der Waals surface area contributed by atoms with E-state index in [4.69, 9.17) is 4.74 Å². The van der Waals surface area contributed by atoms with Gasteiger partial charge in [-0.1, -0.05) is 5.57 Å². The number of fused-ring (bicyclic) bond motifs is 1. The highest BCUT2D eigenvalue weighted by molar-refractivity contribution is 9.10. The molecule has 0 aliphatic rings. The molecule has 0 aliphatic heterocycles. The number of halogens is 1. The number of ether oxygens (including phenoxy) is 1. The number of hydrogen-bond donors (Lipinski definition) is 0. The molecule has 0 saturated heterocycles. The van der Waals surface area contributed by atoms with Crippen molar-refractivity contribution < 1.29 is 4.74 Å². The lowest BCUT2D eigenvalue weighted by molar-refractivity contribution is 0.310. The molecule has 0 fully saturated rings. The van der Waals surface area contributed by atoms with Crippen molar-refractivity contribution in [2.45, 2.75) is 13.3 Å². The Morgan fingerprint density at radius 3 is 3.19 bits per heavy atom. The van der Waals surface area contributed by atoms with Crippen LogP contribution in [0.15, 0.2) is 35.3 Å². The van der Waals surface area contributed by atoms with E-state index in [0.29, 0.717) is 12.5 Å². The molecule has 5 heteroatoms. The third-order valence-corrected chi connectivity index (χ3v) is 2.46. The quantitative estimate of drug-likeness (QED) is 0.809. The van der Waals surface area contributed by atoms with E-state index in [1.807, 2.05) is 23.7 Å². The van der Waals surface area contributed by atoms with E-state index < -0.39 is 0 Å². The fraction of sp³-hybridized carbons (Fsp3) is 0.273. The molecule has 0 N–H and O–H groups in total. The Morgan fingerprint density at radius 1 is 1.62 bits per heavy atom. The van der Waals surface area contributed by atoms with Gasteiger partial charge in [-0.3, -0.25) is 4.40 Å². The molecule has 0 unspecified atom stereocenters. The summed E-state index contributed by atoms with van der Waals surface area (Å²) < 4.78 is 8.18. The number of nitrogens with zero attached hydrogens (tertiary/aromatic N) is 3. The molecule has 2 rings (SSSR count). The summed E-state index contributed by atoms with van der Waals surface area (Å²) in [5.41, 5.74) is 1.82. The molecule has 84 valence electrons. The van der Waals surface area contributed by atoms with Crippen LogP contribution in [0.1, 0.15) is 13.3 Å². The minimum Gasteiger partial charge on any atom is -0.475 e. The lowest BCUT2D eigenvalue weighted by Gasteiger charge is -2.06. The SMILES string of the molecule is C=C(C)CCOc1nc(Br)cn2ccnc12. The smallest absolute Gasteiger partial charge is 0.259 e. The van der Waals surface area contributed by atoms with Gasteiger partial charge in [0.1, 0.15) is 4.60 Å². The molecule has 0 aliphatic carbocycles. The maximum absolute atomic E-state index is 5.58. The molecular weight excluding hydrogens is 270 g/mol. The summed E-state index contributed by atoms with van der Waals surface area (Å²) in [7, 11) is 0. The van der Waals surface area contributed by atoms with Crippen molar-refractivity contribution >= 4 is 21.6 Å². The zero-order chi connectivity index (χ0) is 11.5. The Morgan fingerprint density at radius 2 is 2.44 bits per heavy atom. The van der Waals surface area contributed by atoms with Gasteiger partial charge in [0.25, 0.3) is 5.88 Å². The van der Waals surface area contributed by atoms with Crippen LogP contribution in [0.3, 0.4) is 0 Å². The number of rotatable bonds is 4. The van der Waals surface area contributed by atoms with Crippen molar-refractivity contribution in [1.29, 1.82) is 0 Å². The average Bonchev–Trinajstić information content (AvgIpc) is 2.64. The van der Waals surface area contributed by atoms with Gasteiger partial charge in [-0.05, 0) is 22.9 Å². The van der Waals surface area contributed by atoms with Gasteiger partial charge in [0.05, 0.1) is 6.61 Å². The summed E-state index contributed by atoms with van der Waals surface area (Å²) in [4.78, 5) is 8.44. The van der Waals surface area contributed by atoms with Crippen LogP contribution in [0.5, 0.6) is 5.88 Å². The molecule has 0 bridgehead atoms. The molecule has 0 spiro atoms. The minimum atomic E-state index is 0.542. The van der Waals surface area contributed by atoms with Gasteiger partial charge in [-0.15, -0.1) is 6.58 Å². The Hall–Kier alpha value is -1.36. The standard InChI is InChI=1S/C11H12BrN3O/c1-8(2)3-6-16-11-10-13-4-5-15(10)7-9(12)14-11/h4-5,7H,1,3,6H2,2H3. The summed E-state index contributed by atoms with van der Waals surface area (Å²) in [6.07, 6.45) is 6.23. The van der Waals surface area contributed by atoms with E-state index >= 15 is 0 Å². The van der Waals surface area contributed by atoms with E-state index in [1.165, 1.54) is 0 Å². The molecule has 16 heavy (non-hydrogen) atoms. The van der Waals surface area contributed by atoms with Crippen molar-refractivity contribution in [2.24, 2.45) is 0 Å². The monoisotopic (exact) mass is 281 g/mol. The van der Waals surface area contributed by atoms with Crippen LogP contribution in [-0.4, -0.2) is 21.0 Å². The van der Waals surface area contributed by atoms with E-state index in [-0.39, 0.29) is 0 Å². The number of imidazole rings is 1. The van der Waals surface area contributed by atoms with Crippen LogP contribution >= 0.6 is 15.9 Å². The molecule has 2 aromatic rings. The van der Waals surface area contributed by atoms with Gasteiger partial charge in [-0.2, -0.15) is 0 Å². The Kier molecular flexibility index (Phi) is 3.24. The highest BCUT2D eigenvalue weighted by Gasteiger charge is 2.07. The zero-order valence-corrected chi connectivity index (χ0v) is 10.6. The Labute approximate surface area is 102 Å². The van der Waals surface area contributed by atoms with Crippen LogP contribution in [0.4, 0.5) is 0 Å². The second-order valence-corrected chi connectivity index (χ2v) is 4.39. The number of hydrogen-bond acceptors (Lipinski definition) is 3. The first-order valence-corrected chi connectivity index (χ1v) is 5.72. The third-order valence-electron chi connectivity index (χ3n) is 2.08. The van der Waals surface area contributed by atoms with Crippen LogP contribution in [0.25, 0.3) is 5.65 Å². The normalized spacial score (nSPS) is 10.6. The highest BCUT2D eigenvalue weighted by atomic mass is 79.9. The Balaban J connectivity index is 2.22. The molecule has 0 amide bonds. The molecule has 2 aromatic heterocycles. The largest absolute Gasteiger partial charge is 0.475 e. The van der Waals surface area contributed by atoms with Gasteiger partial charge in [-0.25, -0.2) is 9.97 Å². The molecular formula is C11H12BrN3O. The van der Waals surface area contributed by atoms with Crippen LogP contribution in [0, 0.1) is 0 Å². The van der Waals surface area contributed by atoms with Gasteiger partial charge in [0.2, 0.25) is 5.65 Å². The number of aromatic nitrogens is 3.